The quantitative estimate of drug-likeness (QED) is 0.488. The van der Waals surface area contributed by atoms with Crippen LogP contribution >= 0.6 is 0 Å². The van der Waals surface area contributed by atoms with E-state index in [0.29, 0.717) is 28.4 Å². The van der Waals surface area contributed by atoms with Crippen LogP contribution in [0.4, 0.5) is 13.2 Å². The third-order valence-electron chi connectivity index (χ3n) is 4.29. The lowest BCUT2D eigenvalue weighted by Crippen LogP contribution is -2.04. The predicted octanol–water partition coefficient (Wildman–Crippen LogP) is 5.86. The van der Waals surface area contributed by atoms with Gasteiger partial charge < -0.3 is 14.6 Å². The number of hydrogen-bond donors (Lipinski definition) is 1. The van der Waals surface area contributed by atoms with E-state index >= 15 is 0 Å². The first-order valence-corrected chi connectivity index (χ1v) is 9.59. The van der Waals surface area contributed by atoms with Gasteiger partial charge in [0.05, 0.1) is 12.0 Å². The van der Waals surface area contributed by atoms with Gasteiger partial charge in [0, 0.05) is 5.56 Å². The molecule has 0 saturated heterocycles. The SMILES string of the molecule is Cc1cc(CC(=O)O)cc(Oc2ccccc2OCC#Cc2ccc(C(F)(F)F)cc2)c1. The van der Waals surface area contributed by atoms with Gasteiger partial charge in [-0.2, -0.15) is 13.2 Å². The van der Waals surface area contributed by atoms with Crippen molar-refractivity contribution in [3.8, 4) is 29.1 Å². The normalized spacial score (nSPS) is 10.8. The highest BCUT2D eigenvalue weighted by atomic mass is 19.4. The maximum absolute atomic E-state index is 12.6. The van der Waals surface area contributed by atoms with Crippen molar-refractivity contribution >= 4 is 5.97 Å². The van der Waals surface area contributed by atoms with E-state index in [1.165, 1.54) is 12.1 Å². The van der Waals surface area contributed by atoms with Crippen molar-refractivity contribution in [2.45, 2.75) is 19.5 Å². The summed E-state index contributed by atoms with van der Waals surface area (Å²) in [5.41, 5.74) is 1.19. The smallest absolute Gasteiger partial charge is 0.416 e. The monoisotopic (exact) mass is 440 g/mol. The number of halogens is 3. The molecule has 0 fully saturated rings. The van der Waals surface area contributed by atoms with E-state index in [1.54, 1.807) is 42.5 Å². The Morgan fingerprint density at radius 2 is 1.69 bits per heavy atom. The molecule has 0 bridgehead atoms. The van der Waals surface area contributed by atoms with E-state index in [4.69, 9.17) is 14.6 Å². The number of carboxylic acids is 1. The first-order chi connectivity index (χ1) is 15.2. The number of carbonyl (C=O) groups is 1. The molecular formula is C25H19F3O4. The van der Waals surface area contributed by atoms with Crippen LogP contribution < -0.4 is 9.47 Å². The van der Waals surface area contributed by atoms with Gasteiger partial charge in [0.1, 0.15) is 12.4 Å². The molecule has 7 heteroatoms. The topological polar surface area (TPSA) is 55.8 Å². The maximum atomic E-state index is 12.6. The molecule has 0 radical (unpaired) electrons. The van der Waals surface area contributed by atoms with Gasteiger partial charge in [0.2, 0.25) is 0 Å². The zero-order valence-electron chi connectivity index (χ0n) is 17.1. The summed E-state index contributed by atoms with van der Waals surface area (Å²) in [5, 5.41) is 9.01. The van der Waals surface area contributed by atoms with Crippen LogP contribution in [0.5, 0.6) is 17.2 Å². The molecular weight excluding hydrogens is 421 g/mol. The number of aliphatic carboxylic acids is 1. The highest BCUT2D eigenvalue weighted by molar-refractivity contribution is 5.70. The molecule has 0 aliphatic rings. The van der Waals surface area contributed by atoms with E-state index < -0.39 is 17.7 Å². The van der Waals surface area contributed by atoms with Crippen molar-refractivity contribution in [3.63, 3.8) is 0 Å². The van der Waals surface area contributed by atoms with Crippen molar-refractivity contribution in [1.29, 1.82) is 0 Å². The molecule has 1 N–H and O–H groups in total. The summed E-state index contributed by atoms with van der Waals surface area (Å²) >= 11 is 0. The lowest BCUT2D eigenvalue weighted by molar-refractivity contribution is -0.138. The molecule has 3 aromatic rings. The first-order valence-electron chi connectivity index (χ1n) is 9.59. The van der Waals surface area contributed by atoms with Crippen LogP contribution in [0.15, 0.2) is 66.7 Å². The Labute approximate surface area is 183 Å². The Morgan fingerprint density at radius 3 is 2.34 bits per heavy atom. The summed E-state index contributed by atoms with van der Waals surface area (Å²) in [4.78, 5) is 11.0. The number of rotatable bonds is 6. The Bertz CT molecular complexity index is 1160. The summed E-state index contributed by atoms with van der Waals surface area (Å²) in [5.74, 6) is 5.92. The molecule has 0 unspecified atom stereocenters. The molecule has 0 spiro atoms. The van der Waals surface area contributed by atoms with Crippen LogP contribution in [0.2, 0.25) is 0 Å². The fourth-order valence-electron chi connectivity index (χ4n) is 2.94. The number of benzene rings is 3. The van der Waals surface area contributed by atoms with Gasteiger partial charge in [-0.3, -0.25) is 4.79 Å². The fraction of sp³-hybridized carbons (Fsp3) is 0.160. The molecule has 164 valence electrons. The van der Waals surface area contributed by atoms with E-state index in [1.807, 2.05) is 6.92 Å². The van der Waals surface area contributed by atoms with Crippen LogP contribution in [0.1, 0.15) is 22.3 Å². The van der Waals surface area contributed by atoms with E-state index in [-0.39, 0.29) is 13.0 Å². The Hall–Kier alpha value is -3.92. The first kappa shape index (κ1) is 22.8. The number of ether oxygens (including phenoxy) is 2. The molecule has 4 nitrogen and oxygen atoms in total. The summed E-state index contributed by atoms with van der Waals surface area (Å²) < 4.78 is 49.4. The molecule has 0 heterocycles. The average molecular weight is 440 g/mol. The lowest BCUT2D eigenvalue weighted by atomic mass is 10.1. The molecule has 3 rings (SSSR count). The number of carboxylic acid groups (broad SMARTS) is 1. The van der Waals surface area contributed by atoms with Crippen molar-refractivity contribution in [2.24, 2.45) is 0 Å². The zero-order chi connectivity index (χ0) is 23.1. The van der Waals surface area contributed by atoms with Gasteiger partial charge in [-0.25, -0.2) is 0 Å². The largest absolute Gasteiger partial charge is 0.481 e. The van der Waals surface area contributed by atoms with Crippen molar-refractivity contribution in [3.05, 3.63) is 89.0 Å². The minimum Gasteiger partial charge on any atom is -0.481 e. The Balaban J connectivity index is 1.67. The second-order valence-electron chi connectivity index (χ2n) is 6.94. The lowest BCUT2D eigenvalue weighted by Gasteiger charge is -2.12. The second-order valence-corrected chi connectivity index (χ2v) is 6.94. The van der Waals surface area contributed by atoms with Crippen molar-refractivity contribution in [1.82, 2.24) is 0 Å². The molecule has 0 aromatic heterocycles. The van der Waals surface area contributed by atoms with Crippen LogP contribution in [0, 0.1) is 18.8 Å². The molecule has 0 amide bonds. The summed E-state index contributed by atoms with van der Waals surface area (Å²) in [6.45, 7) is 1.84. The number of para-hydroxylation sites is 2. The maximum Gasteiger partial charge on any atom is 0.416 e. The molecule has 0 aliphatic carbocycles. The molecule has 0 atom stereocenters. The van der Waals surface area contributed by atoms with Crippen molar-refractivity contribution in [2.75, 3.05) is 6.61 Å². The van der Waals surface area contributed by atoms with Gasteiger partial charge in [-0.1, -0.05) is 30.0 Å². The average Bonchev–Trinajstić information content (AvgIpc) is 2.71. The minimum atomic E-state index is -4.38. The van der Waals surface area contributed by atoms with Crippen molar-refractivity contribution < 1.29 is 32.5 Å². The van der Waals surface area contributed by atoms with Gasteiger partial charge >= 0.3 is 12.1 Å². The van der Waals surface area contributed by atoms with E-state index in [2.05, 4.69) is 11.8 Å². The number of alkyl halides is 3. The third kappa shape index (κ3) is 6.54. The Morgan fingerprint density at radius 1 is 1.00 bits per heavy atom. The fourth-order valence-corrected chi connectivity index (χ4v) is 2.94. The van der Waals surface area contributed by atoms with Gasteiger partial charge in [-0.05, 0) is 66.6 Å². The van der Waals surface area contributed by atoms with Gasteiger partial charge in [0.15, 0.2) is 11.5 Å². The predicted molar refractivity (Wildman–Crippen MR) is 113 cm³/mol. The second kappa shape index (κ2) is 9.92. The van der Waals surface area contributed by atoms with E-state index in [9.17, 15) is 18.0 Å². The highest BCUT2D eigenvalue weighted by Crippen LogP contribution is 2.32. The molecule has 0 aliphatic heterocycles. The summed E-state index contributed by atoms with van der Waals surface area (Å²) in [7, 11) is 0. The summed E-state index contributed by atoms with van der Waals surface area (Å²) in [6.07, 6.45) is -4.50. The number of aryl methyl sites for hydroxylation is 1. The summed E-state index contributed by atoms with van der Waals surface area (Å²) in [6, 6.07) is 16.7. The minimum absolute atomic E-state index is 0.000519. The van der Waals surface area contributed by atoms with Gasteiger partial charge in [-0.15, -0.1) is 0 Å². The zero-order valence-corrected chi connectivity index (χ0v) is 17.1. The standard InChI is InChI=1S/C25H19F3O4/c1-17-13-19(16-24(29)30)15-21(14-17)32-23-7-3-2-6-22(23)31-12-4-5-18-8-10-20(11-9-18)25(26,27)28/h2-3,6-11,13-15H,12,16H2,1H3,(H,29,30). The van der Waals surface area contributed by atoms with Gasteiger partial charge in [0.25, 0.3) is 0 Å². The third-order valence-corrected chi connectivity index (χ3v) is 4.29. The Kier molecular flexibility index (Phi) is 7.06. The van der Waals surface area contributed by atoms with Crippen LogP contribution in [0.25, 0.3) is 0 Å². The molecule has 0 saturated carbocycles. The van der Waals surface area contributed by atoms with Crippen LogP contribution in [-0.4, -0.2) is 17.7 Å². The molecule has 3 aromatic carbocycles. The van der Waals surface area contributed by atoms with Crippen LogP contribution in [-0.2, 0) is 17.4 Å². The highest BCUT2D eigenvalue weighted by Gasteiger charge is 2.29. The molecule has 32 heavy (non-hydrogen) atoms. The van der Waals surface area contributed by atoms with Crippen LogP contribution in [0.3, 0.4) is 0 Å². The van der Waals surface area contributed by atoms with E-state index in [0.717, 1.165) is 17.7 Å². The number of hydrogen-bond acceptors (Lipinski definition) is 3.